The van der Waals surface area contributed by atoms with E-state index in [0.29, 0.717) is 0 Å². The van der Waals surface area contributed by atoms with Crippen LogP contribution in [0.5, 0.6) is 0 Å². The van der Waals surface area contributed by atoms with Gasteiger partial charge in [-0.2, -0.15) is 0 Å². The Morgan fingerprint density at radius 3 is 3.00 bits per heavy atom. The molecule has 0 aromatic rings. The van der Waals surface area contributed by atoms with E-state index in [0.717, 1.165) is 5.92 Å². The van der Waals surface area contributed by atoms with Gasteiger partial charge in [0.15, 0.2) is 0 Å². The summed E-state index contributed by atoms with van der Waals surface area (Å²) in [6, 6.07) is 0. The predicted molar refractivity (Wildman–Crippen MR) is 40.5 cm³/mol. The summed E-state index contributed by atoms with van der Waals surface area (Å²) >= 11 is 0. The van der Waals surface area contributed by atoms with Crippen molar-refractivity contribution in [2.75, 3.05) is 13.1 Å². The SMILES string of the molecule is CC[C@H]1CCCNCC1. The largest absolute Gasteiger partial charge is 0.317 e. The van der Waals surface area contributed by atoms with Crippen LogP contribution in [0.1, 0.15) is 32.6 Å². The molecule has 1 atom stereocenters. The minimum absolute atomic E-state index is 1.01. The van der Waals surface area contributed by atoms with E-state index in [-0.39, 0.29) is 0 Å². The van der Waals surface area contributed by atoms with Gasteiger partial charge in [0, 0.05) is 0 Å². The summed E-state index contributed by atoms with van der Waals surface area (Å²) in [6.45, 7) is 4.80. The van der Waals surface area contributed by atoms with Crippen molar-refractivity contribution < 1.29 is 0 Å². The van der Waals surface area contributed by atoms with Crippen LogP contribution in [0, 0.1) is 5.92 Å². The zero-order valence-electron chi connectivity index (χ0n) is 6.32. The normalized spacial score (nSPS) is 29.7. The van der Waals surface area contributed by atoms with Crippen LogP contribution in [0.4, 0.5) is 0 Å². The van der Waals surface area contributed by atoms with Gasteiger partial charge in [-0.15, -0.1) is 0 Å². The van der Waals surface area contributed by atoms with Crippen molar-refractivity contribution in [1.82, 2.24) is 5.32 Å². The zero-order chi connectivity index (χ0) is 6.53. The molecular formula is C8H17N. The van der Waals surface area contributed by atoms with Crippen molar-refractivity contribution in [1.29, 1.82) is 0 Å². The van der Waals surface area contributed by atoms with Crippen molar-refractivity contribution in [2.24, 2.45) is 5.92 Å². The Kier molecular flexibility index (Phi) is 3.05. The van der Waals surface area contributed by atoms with Gasteiger partial charge in [-0.3, -0.25) is 0 Å². The molecule has 1 aliphatic rings. The van der Waals surface area contributed by atoms with Crippen LogP contribution in [0.3, 0.4) is 0 Å². The van der Waals surface area contributed by atoms with Gasteiger partial charge in [0.2, 0.25) is 0 Å². The third-order valence-corrected chi connectivity index (χ3v) is 2.27. The quantitative estimate of drug-likeness (QED) is 0.566. The molecule has 9 heavy (non-hydrogen) atoms. The monoisotopic (exact) mass is 127 g/mol. The molecule has 1 nitrogen and oxygen atoms in total. The molecular weight excluding hydrogens is 110 g/mol. The average molecular weight is 127 g/mol. The molecule has 0 aromatic carbocycles. The standard InChI is InChI=1S/C8H17N/c1-2-8-4-3-6-9-7-5-8/h8-9H,2-7H2,1H3/t8-/m0/s1. The van der Waals surface area contributed by atoms with Crippen LogP contribution in [-0.2, 0) is 0 Å². The fourth-order valence-corrected chi connectivity index (χ4v) is 1.50. The summed E-state index contributed by atoms with van der Waals surface area (Å²) in [5, 5.41) is 3.41. The maximum Gasteiger partial charge on any atom is -0.00463 e. The highest BCUT2D eigenvalue weighted by atomic mass is 14.8. The lowest BCUT2D eigenvalue weighted by molar-refractivity contribution is 0.458. The van der Waals surface area contributed by atoms with Gasteiger partial charge in [-0.1, -0.05) is 13.3 Å². The smallest absolute Gasteiger partial charge is 0.00463 e. The maximum atomic E-state index is 3.41. The third kappa shape index (κ3) is 2.35. The van der Waals surface area contributed by atoms with Gasteiger partial charge < -0.3 is 5.32 Å². The molecule has 0 saturated carbocycles. The third-order valence-electron chi connectivity index (χ3n) is 2.27. The molecule has 0 radical (unpaired) electrons. The first-order valence-electron chi connectivity index (χ1n) is 4.14. The molecule has 1 N–H and O–H groups in total. The lowest BCUT2D eigenvalue weighted by Gasteiger charge is -2.08. The van der Waals surface area contributed by atoms with E-state index in [2.05, 4.69) is 12.2 Å². The molecule has 1 fully saturated rings. The molecule has 0 aromatic heterocycles. The van der Waals surface area contributed by atoms with E-state index in [1.165, 1.54) is 38.8 Å². The van der Waals surface area contributed by atoms with Gasteiger partial charge in [-0.05, 0) is 38.3 Å². The van der Waals surface area contributed by atoms with Crippen molar-refractivity contribution in [2.45, 2.75) is 32.6 Å². The molecule has 0 unspecified atom stereocenters. The Hall–Kier alpha value is -0.0400. The second-order valence-corrected chi connectivity index (χ2v) is 2.96. The number of hydrogen-bond donors (Lipinski definition) is 1. The Morgan fingerprint density at radius 1 is 1.33 bits per heavy atom. The van der Waals surface area contributed by atoms with Gasteiger partial charge >= 0.3 is 0 Å². The Balaban J connectivity index is 2.18. The van der Waals surface area contributed by atoms with Crippen molar-refractivity contribution in [3.05, 3.63) is 0 Å². The molecule has 0 bridgehead atoms. The topological polar surface area (TPSA) is 12.0 Å². The highest BCUT2D eigenvalue weighted by Gasteiger charge is 2.07. The maximum absolute atomic E-state index is 3.41. The Labute approximate surface area is 57.8 Å². The van der Waals surface area contributed by atoms with Crippen molar-refractivity contribution in [3.63, 3.8) is 0 Å². The van der Waals surface area contributed by atoms with Gasteiger partial charge in [0.05, 0.1) is 0 Å². The Bertz CT molecular complexity index is 63.0. The minimum Gasteiger partial charge on any atom is -0.317 e. The highest BCUT2D eigenvalue weighted by molar-refractivity contribution is 4.64. The van der Waals surface area contributed by atoms with E-state index >= 15 is 0 Å². The molecule has 1 heteroatoms. The molecule has 0 aliphatic carbocycles. The lowest BCUT2D eigenvalue weighted by Crippen LogP contribution is -2.13. The summed E-state index contributed by atoms with van der Waals surface area (Å²) in [5.41, 5.74) is 0. The summed E-state index contributed by atoms with van der Waals surface area (Å²) in [5.74, 6) is 1.01. The van der Waals surface area contributed by atoms with Crippen molar-refractivity contribution in [3.8, 4) is 0 Å². The van der Waals surface area contributed by atoms with Gasteiger partial charge in [0.1, 0.15) is 0 Å². The average Bonchev–Trinajstić information content (AvgIpc) is 2.13. The van der Waals surface area contributed by atoms with E-state index in [1.807, 2.05) is 0 Å². The number of hydrogen-bond acceptors (Lipinski definition) is 1. The van der Waals surface area contributed by atoms with Crippen LogP contribution >= 0.6 is 0 Å². The second kappa shape index (κ2) is 3.89. The molecule has 1 aliphatic heterocycles. The predicted octanol–water partition coefficient (Wildman–Crippen LogP) is 1.79. The van der Waals surface area contributed by atoms with Crippen molar-refractivity contribution >= 4 is 0 Å². The van der Waals surface area contributed by atoms with E-state index in [1.54, 1.807) is 0 Å². The summed E-state index contributed by atoms with van der Waals surface area (Å²) < 4.78 is 0. The molecule has 0 spiro atoms. The highest BCUT2D eigenvalue weighted by Crippen LogP contribution is 2.15. The van der Waals surface area contributed by atoms with E-state index in [9.17, 15) is 0 Å². The fraction of sp³-hybridized carbons (Fsp3) is 1.00. The van der Waals surface area contributed by atoms with Crippen LogP contribution < -0.4 is 5.32 Å². The Morgan fingerprint density at radius 2 is 2.22 bits per heavy atom. The molecule has 1 heterocycles. The van der Waals surface area contributed by atoms with Crippen LogP contribution in [0.2, 0.25) is 0 Å². The molecule has 0 amide bonds. The van der Waals surface area contributed by atoms with Crippen LogP contribution in [0.15, 0.2) is 0 Å². The minimum atomic E-state index is 1.01. The van der Waals surface area contributed by atoms with Crippen LogP contribution in [-0.4, -0.2) is 13.1 Å². The molecule has 1 rings (SSSR count). The second-order valence-electron chi connectivity index (χ2n) is 2.96. The first-order chi connectivity index (χ1) is 4.43. The molecule has 1 saturated heterocycles. The number of rotatable bonds is 1. The van der Waals surface area contributed by atoms with Gasteiger partial charge in [0.25, 0.3) is 0 Å². The first kappa shape index (κ1) is 7.07. The summed E-state index contributed by atoms with van der Waals surface area (Å²) in [4.78, 5) is 0. The molecule has 54 valence electrons. The fourth-order valence-electron chi connectivity index (χ4n) is 1.50. The van der Waals surface area contributed by atoms with Gasteiger partial charge in [-0.25, -0.2) is 0 Å². The number of nitrogens with one attached hydrogen (secondary N) is 1. The summed E-state index contributed by atoms with van der Waals surface area (Å²) in [7, 11) is 0. The van der Waals surface area contributed by atoms with E-state index < -0.39 is 0 Å². The first-order valence-corrected chi connectivity index (χ1v) is 4.14. The van der Waals surface area contributed by atoms with Crippen LogP contribution in [0.25, 0.3) is 0 Å². The lowest BCUT2D eigenvalue weighted by atomic mass is 9.98. The zero-order valence-corrected chi connectivity index (χ0v) is 6.32. The summed E-state index contributed by atoms with van der Waals surface area (Å²) in [6.07, 6.45) is 5.61. The van der Waals surface area contributed by atoms with E-state index in [4.69, 9.17) is 0 Å².